The molecule has 3 aliphatic carbocycles. The average Bonchev–Trinajstić information content (AvgIpc) is 2.81. The van der Waals surface area contributed by atoms with Gasteiger partial charge in [0.25, 0.3) is 5.91 Å². The van der Waals surface area contributed by atoms with Crippen LogP contribution in [0.4, 0.5) is 5.69 Å². The largest absolute Gasteiger partial charge is 0.508 e. The number of carboxylic acid groups (broad SMARTS) is 1. The van der Waals surface area contributed by atoms with Crippen LogP contribution in [0.5, 0.6) is 5.75 Å². The molecule has 1 saturated carbocycles. The Balaban J connectivity index is 1.80. The monoisotopic (exact) mass is 529 g/mol. The number of primary amides is 1. The van der Waals surface area contributed by atoms with Crippen LogP contribution in [0.25, 0.3) is 5.76 Å². The van der Waals surface area contributed by atoms with Crippen LogP contribution >= 0.6 is 0 Å². The van der Waals surface area contributed by atoms with Gasteiger partial charge < -0.3 is 41.5 Å². The fourth-order valence-electron chi connectivity index (χ4n) is 5.85. The molecule has 3 atom stereocenters. The number of nitrogens with zero attached hydrogens (tertiary/aromatic N) is 1. The van der Waals surface area contributed by atoms with Gasteiger partial charge in [0.15, 0.2) is 11.4 Å². The Morgan fingerprint density at radius 2 is 1.87 bits per heavy atom. The Hall–Kier alpha value is -3.90. The number of benzene rings is 1. The van der Waals surface area contributed by atoms with Crippen LogP contribution in [-0.2, 0) is 32.1 Å². The van der Waals surface area contributed by atoms with E-state index in [0.717, 1.165) is 0 Å². The van der Waals surface area contributed by atoms with Gasteiger partial charge in [-0.05, 0) is 43.4 Å². The average molecular weight is 530 g/mol. The van der Waals surface area contributed by atoms with Gasteiger partial charge in [-0.15, -0.1) is 0 Å². The highest BCUT2D eigenvalue weighted by atomic mass is 16.4. The minimum atomic E-state index is -2.61. The lowest BCUT2D eigenvalue weighted by Crippen LogP contribution is -2.58. The smallest absolute Gasteiger partial charge is 0.303 e. The van der Waals surface area contributed by atoms with E-state index < -0.39 is 58.0 Å². The summed E-state index contributed by atoms with van der Waals surface area (Å²) in [7, 11) is 3.57. The van der Waals surface area contributed by atoms with Gasteiger partial charge in [0.1, 0.15) is 22.8 Å². The molecule has 0 unspecified atom stereocenters. The Kier molecular flexibility index (Phi) is 6.97. The molecule has 204 valence electrons. The zero-order chi connectivity index (χ0) is 28.1. The number of aliphatic hydroxyl groups excluding tert-OH is 2. The molecular formula is C26H31N3O9. The number of aliphatic carboxylic acids is 1. The number of nitrogens with one attached hydrogen (secondary N) is 1. The lowest BCUT2D eigenvalue weighted by molar-refractivity contribution is -0.147. The molecule has 12 nitrogen and oxygen atoms in total. The number of phenols is 1. The number of carboxylic acids is 1. The third kappa shape index (κ3) is 4.19. The minimum Gasteiger partial charge on any atom is -0.508 e. The molecule has 0 spiro atoms. The van der Waals surface area contributed by atoms with E-state index in [1.54, 1.807) is 25.1 Å². The first-order chi connectivity index (χ1) is 17.8. The summed E-state index contributed by atoms with van der Waals surface area (Å²) in [6.45, 7) is 0.522. The molecule has 0 bridgehead atoms. The second-order valence-electron chi connectivity index (χ2n) is 10.2. The Morgan fingerprint density at radius 3 is 2.47 bits per heavy atom. The Bertz CT molecular complexity index is 1310. The van der Waals surface area contributed by atoms with Crippen LogP contribution in [0.1, 0.15) is 42.4 Å². The fraction of sp³-hybridized carbons (Fsp3) is 0.462. The van der Waals surface area contributed by atoms with Crippen molar-refractivity contribution in [1.82, 2.24) is 5.32 Å². The third-order valence-electron chi connectivity index (χ3n) is 7.66. The van der Waals surface area contributed by atoms with Crippen molar-refractivity contribution in [3.8, 4) is 5.75 Å². The van der Waals surface area contributed by atoms with Gasteiger partial charge in [0.2, 0.25) is 5.78 Å². The molecule has 1 aromatic carbocycles. The van der Waals surface area contributed by atoms with Crippen LogP contribution in [0, 0.1) is 11.8 Å². The number of carbonyl (C=O) groups is 4. The van der Waals surface area contributed by atoms with E-state index in [9.17, 15) is 39.6 Å². The maximum atomic E-state index is 13.7. The number of Topliss-reactive ketones (excluding diaryl/α,β-unsaturated/α-hetero) is 2. The second-order valence-corrected chi connectivity index (χ2v) is 10.2. The molecule has 1 aromatic rings. The highest BCUT2D eigenvalue weighted by Gasteiger charge is 2.60. The molecule has 1 amide bonds. The maximum Gasteiger partial charge on any atom is 0.303 e. The maximum absolute atomic E-state index is 13.7. The Morgan fingerprint density at radius 1 is 1.18 bits per heavy atom. The van der Waals surface area contributed by atoms with E-state index in [2.05, 4.69) is 5.32 Å². The van der Waals surface area contributed by atoms with Crippen LogP contribution in [0.3, 0.4) is 0 Å². The van der Waals surface area contributed by atoms with Crippen molar-refractivity contribution in [2.75, 3.05) is 25.5 Å². The number of anilines is 1. The van der Waals surface area contributed by atoms with E-state index in [0.29, 0.717) is 29.8 Å². The van der Waals surface area contributed by atoms with Crippen molar-refractivity contribution in [1.29, 1.82) is 0 Å². The SMILES string of the molecule is CN(C)c1cc(CNCCCC(=O)O)c(O)c2c1C[C@H]1C[C@H]3CC(=O)C(C(N)=O)=C(O)[C@@]3(O)C(=O)C1=C2O. The van der Waals surface area contributed by atoms with Crippen LogP contribution in [0.15, 0.2) is 23.0 Å². The Labute approximate surface area is 218 Å². The fourth-order valence-corrected chi connectivity index (χ4v) is 5.85. The molecule has 0 saturated heterocycles. The van der Waals surface area contributed by atoms with Crippen molar-refractivity contribution in [2.45, 2.75) is 44.2 Å². The highest BCUT2D eigenvalue weighted by molar-refractivity contribution is 6.22. The molecule has 1 fully saturated rings. The first-order valence-electron chi connectivity index (χ1n) is 12.3. The van der Waals surface area contributed by atoms with Crippen molar-refractivity contribution < 1.29 is 44.7 Å². The summed E-state index contributed by atoms with van der Waals surface area (Å²) in [5, 5.41) is 56.4. The second kappa shape index (κ2) is 9.76. The van der Waals surface area contributed by atoms with Gasteiger partial charge in [-0.1, -0.05) is 0 Å². The number of aliphatic hydroxyl groups is 3. The number of fused-ring (bicyclic) bond motifs is 3. The lowest BCUT2D eigenvalue weighted by Gasteiger charge is -2.46. The van der Waals surface area contributed by atoms with E-state index in [1.165, 1.54) is 0 Å². The first-order valence-corrected chi connectivity index (χ1v) is 12.3. The summed E-state index contributed by atoms with van der Waals surface area (Å²) in [5.74, 6) is -7.59. The normalized spacial score (nSPS) is 24.6. The number of amides is 1. The van der Waals surface area contributed by atoms with Crippen molar-refractivity contribution in [2.24, 2.45) is 17.6 Å². The molecular weight excluding hydrogens is 498 g/mol. The molecule has 8 N–H and O–H groups in total. The highest BCUT2D eigenvalue weighted by Crippen LogP contribution is 2.53. The molecule has 0 aliphatic heterocycles. The van der Waals surface area contributed by atoms with Crippen molar-refractivity contribution >= 4 is 34.9 Å². The molecule has 4 rings (SSSR count). The number of hydrogen-bond acceptors (Lipinski definition) is 10. The molecule has 0 radical (unpaired) electrons. The summed E-state index contributed by atoms with van der Waals surface area (Å²) in [6.07, 6.45) is 0.252. The summed E-state index contributed by atoms with van der Waals surface area (Å²) >= 11 is 0. The topological polar surface area (TPSA) is 211 Å². The van der Waals surface area contributed by atoms with E-state index in [4.69, 9.17) is 10.8 Å². The quantitative estimate of drug-likeness (QED) is 0.181. The van der Waals surface area contributed by atoms with Crippen LogP contribution < -0.4 is 16.0 Å². The third-order valence-corrected chi connectivity index (χ3v) is 7.66. The molecule has 0 aromatic heterocycles. The van der Waals surface area contributed by atoms with Crippen molar-refractivity contribution in [3.63, 3.8) is 0 Å². The first kappa shape index (κ1) is 27.1. The number of rotatable bonds is 8. The predicted octanol–water partition coefficient (Wildman–Crippen LogP) is 0.444. The molecule has 12 heteroatoms. The van der Waals surface area contributed by atoms with Crippen LogP contribution in [0.2, 0.25) is 0 Å². The summed E-state index contributed by atoms with van der Waals surface area (Å²) in [6, 6.07) is 1.75. The number of aromatic hydroxyl groups is 1. The number of phenolic OH excluding ortho intramolecular Hbond substituents is 1. The summed E-state index contributed by atoms with van der Waals surface area (Å²) < 4.78 is 0. The van der Waals surface area contributed by atoms with Gasteiger partial charge in [0, 0.05) is 56.2 Å². The predicted molar refractivity (Wildman–Crippen MR) is 134 cm³/mol. The molecule has 38 heavy (non-hydrogen) atoms. The van der Waals surface area contributed by atoms with Gasteiger partial charge in [-0.25, -0.2) is 0 Å². The number of hydrogen-bond donors (Lipinski definition) is 7. The van der Waals surface area contributed by atoms with E-state index in [1.807, 2.05) is 0 Å². The standard InChI is InChI=1S/C26H31N3O9/c1-29(2)15-8-12(10-28-5-3-4-17(31)32)21(33)19-14(15)7-11-6-13-9-16(30)20(25(27)37)24(36)26(13,38)23(35)18(11)22(19)34/h8,11,13,28,33-34,36,38H,3-7,9-10H2,1-2H3,(H2,27,37)(H,31,32)/t11-,13+,26+/m1/s1. The zero-order valence-corrected chi connectivity index (χ0v) is 21.1. The molecule has 0 heterocycles. The minimum absolute atomic E-state index is 0.0171. The number of carbonyl (C=O) groups excluding carboxylic acids is 3. The summed E-state index contributed by atoms with van der Waals surface area (Å²) in [5.41, 5.74) is 3.24. The lowest BCUT2D eigenvalue weighted by atomic mass is 9.59. The zero-order valence-electron chi connectivity index (χ0n) is 21.1. The van der Waals surface area contributed by atoms with Gasteiger partial charge in [-0.2, -0.15) is 0 Å². The van der Waals surface area contributed by atoms with E-state index in [-0.39, 0.29) is 49.1 Å². The number of nitrogens with two attached hydrogens (primary N) is 1. The van der Waals surface area contributed by atoms with E-state index >= 15 is 0 Å². The molecule has 3 aliphatic rings. The van der Waals surface area contributed by atoms with Gasteiger partial charge >= 0.3 is 5.97 Å². The van der Waals surface area contributed by atoms with Crippen LogP contribution in [-0.4, -0.2) is 75.2 Å². The number of ketones is 2. The van der Waals surface area contributed by atoms with Gasteiger partial charge in [-0.3, -0.25) is 19.2 Å². The van der Waals surface area contributed by atoms with Gasteiger partial charge in [0.05, 0.1) is 5.56 Å². The summed E-state index contributed by atoms with van der Waals surface area (Å²) in [4.78, 5) is 50.4. The van der Waals surface area contributed by atoms with Crippen molar-refractivity contribution in [3.05, 3.63) is 39.7 Å².